The molecule has 2 aromatic carbocycles. The van der Waals surface area contributed by atoms with Gasteiger partial charge in [-0.15, -0.1) is 0 Å². The molecule has 1 amide bonds. The number of esters is 1. The molecule has 6 heteroatoms. The van der Waals surface area contributed by atoms with Crippen LogP contribution in [0.5, 0.6) is 0 Å². The highest BCUT2D eigenvalue weighted by molar-refractivity contribution is 5.94. The third-order valence-corrected chi connectivity index (χ3v) is 5.54. The third-order valence-electron chi connectivity index (χ3n) is 5.54. The average Bonchev–Trinajstić information content (AvgIpc) is 2.83. The van der Waals surface area contributed by atoms with Crippen molar-refractivity contribution in [1.29, 1.82) is 0 Å². The molecule has 0 aliphatic carbocycles. The normalized spacial score (nSPS) is 12.5. The van der Waals surface area contributed by atoms with Gasteiger partial charge in [-0.3, -0.25) is 14.4 Å². The van der Waals surface area contributed by atoms with E-state index in [1.54, 1.807) is 19.9 Å². The molecule has 33 heavy (non-hydrogen) atoms. The number of nitrogens with one attached hydrogen (secondary N) is 2. The summed E-state index contributed by atoms with van der Waals surface area (Å²) in [5, 5.41) is 3.00. The Bertz CT molecular complexity index is 1110. The largest absolute Gasteiger partial charge is 0.466 e. The Morgan fingerprint density at radius 2 is 1.70 bits per heavy atom. The third kappa shape index (κ3) is 7.17. The van der Waals surface area contributed by atoms with Crippen molar-refractivity contribution in [2.45, 2.75) is 39.2 Å². The van der Waals surface area contributed by atoms with Crippen LogP contribution in [0.4, 0.5) is 0 Å². The van der Waals surface area contributed by atoms with E-state index in [4.69, 9.17) is 4.74 Å². The van der Waals surface area contributed by atoms with Crippen molar-refractivity contribution >= 4 is 11.9 Å². The Kier molecular flexibility index (Phi) is 8.58. The first-order chi connectivity index (χ1) is 16.0. The standard InChI is InChI=1S/C27H30N2O4/c1-3-33-27(32)19(2)17-24(29-26(31)23-15-16-28-25(30)18-23)14-11-20-9-12-22(13-10-20)21-7-5-4-6-8-21/h4-10,12-13,15-16,18-19,24H,3,11,14,17H2,1-2H3,(H,28,30)(H,29,31). The molecule has 1 heterocycles. The van der Waals surface area contributed by atoms with Crippen LogP contribution in [0, 0.1) is 5.92 Å². The summed E-state index contributed by atoms with van der Waals surface area (Å²) in [6.07, 6.45) is 3.30. The summed E-state index contributed by atoms with van der Waals surface area (Å²) in [4.78, 5) is 38.9. The quantitative estimate of drug-likeness (QED) is 0.453. The van der Waals surface area contributed by atoms with Crippen molar-refractivity contribution in [3.63, 3.8) is 0 Å². The highest BCUT2D eigenvalue weighted by atomic mass is 16.5. The van der Waals surface area contributed by atoms with Crippen LogP contribution in [0.3, 0.4) is 0 Å². The van der Waals surface area contributed by atoms with Crippen molar-refractivity contribution in [3.05, 3.63) is 94.4 Å². The number of ether oxygens (including phenoxy) is 1. The van der Waals surface area contributed by atoms with Crippen molar-refractivity contribution in [1.82, 2.24) is 10.3 Å². The fourth-order valence-electron chi connectivity index (χ4n) is 3.75. The van der Waals surface area contributed by atoms with Crippen molar-refractivity contribution in [2.24, 2.45) is 5.92 Å². The number of carbonyl (C=O) groups is 2. The Morgan fingerprint density at radius 3 is 2.36 bits per heavy atom. The Hall–Kier alpha value is -3.67. The van der Waals surface area contributed by atoms with Gasteiger partial charge in [0.15, 0.2) is 0 Å². The summed E-state index contributed by atoms with van der Waals surface area (Å²) in [7, 11) is 0. The maximum Gasteiger partial charge on any atom is 0.308 e. The number of rotatable bonds is 10. The Morgan fingerprint density at radius 1 is 1.00 bits per heavy atom. The SMILES string of the molecule is CCOC(=O)C(C)CC(CCc1ccc(-c2ccccc2)cc1)NC(=O)c1cc[nH]c(=O)c1. The zero-order valence-electron chi connectivity index (χ0n) is 19.0. The zero-order valence-corrected chi connectivity index (χ0v) is 19.0. The van der Waals surface area contributed by atoms with Crippen LogP contribution < -0.4 is 10.9 Å². The second kappa shape index (κ2) is 11.8. The topological polar surface area (TPSA) is 88.3 Å². The van der Waals surface area contributed by atoms with Gasteiger partial charge in [0.1, 0.15) is 0 Å². The lowest BCUT2D eigenvalue weighted by atomic mass is 9.95. The molecule has 1 aromatic heterocycles. The molecule has 0 spiro atoms. The van der Waals surface area contributed by atoms with E-state index in [2.05, 4.69) is 46.7 Å². The first kappa shape index (κ1) is 24.0. The molecule has 3 rings (SSSR count). The number of H-pyrrole nitrogens is 1. The molecule has 0 fully saturated rings. The van der Waals surface area contributed by atoms with Gasteiger partial charge >= 0.3 is 5.97 Å². The molecule has 0 bridgehead atoms. The highest BCUT2D eigenvalue weighted by Crippen LogP contribution is 2.21. The molecule has 2 atom stereocenters. The molecule has 2 unspecified atom stereocenters. The van der Waals surface area contributed by atoms with Gasteiger partial charge < -0.3 is 15.0 Å². The highest BCUT2D eigenvalue weighted by Gasteiger charge is 2.22. The lowest BCUT2D eigenvalue weighted by molar-refractivity contribution is -0.147. The van der Waals surface area contributed by atoms with Crippen LogP contribution in [0.25, 0.3) is 11.1 Å². The zero-order chi connectivity index (χ0) is 23.6. The number of benzene rings is 2. The van der Waals surface area contributed by atoms with E-state index in [0.29, 0.717) is 25.0 Å². The molecule has 2 N–H and O–H groups in total. The molecular weight excluding hydrogens is 416 g/mol. The fraction of sp³-hybridized carbons (Fsp3) is 0.296. The van der Waals surface area contributed by atoms with Gasteiger partial charge in [0, 0.05) is 23.9 Å². The molecule has 172 valence electrons. The second-order valence-corrected chi connectivity index (χ2v) is 8.10. The molecule has 3 aromatic rings. The number of aromatic nitrogens is 1. The molecule has 0 aliphatic rings. The van der Waals surface area contributed by atoms with Gasteiger partial charge in [-0.05, 0) is 48.9 Å². The summed E-state index contributed by atoms with van der Waals surface area (Å²) >= 11 is 0. The smallest absolute Gasteiger partial charge is 0.308 e. The number of hydrogen-bond acceptors (Lipinski definition) is 4. The van der Waals surface area contributed by atoms with E-state index in [9.17, 15) is 14.4 Å². The summed E-state index contributed by atoms with van der Waals surface area (Å²) in [5.41, 5.74) is 3.41. The summed E-state index contributed by atoms with van der Waals surface area (Å²) in [6, 6.07) is 21.1. The van der Waals surface area contributed by atoms with Gasteiger partial charge in [0.05, 0.1) is 12.5 Å². The van der Waals surface area contributed by atoms with Crippen molar-refractivity contribution < 1.29 is 14.3 Å². The summed E-state index contributed by atoms with van der Waals surface area (Å²) in [5.74, 6) is -0.961. The lowest BCUT2D eigenvalue weighted by Crippen LogP contribution is -2.38. The minimum Gasteiger partial charge on any atom is -0.466 e. The number of carbonyl (C=O) groups excluding carboxylic acids is 2. The van der Waals surface area contributed by atoms with Crippen LogP contribution in [0.1, 0.15) is 42.6 Å². The fourth-order valence-corrected chi connectivity index (χ4v) is 3.75. The first-order valence-corrected chi connectivity index (χ1v) is 11.3. The number of amides is 1. The number of hydrogen-bond donors (Lipinski definition) is 2. The number of aryl methyl sites for hydroxylation is 1. The predicted octanol–water partition coefficient (Wildman–Crippen LogP) is 4.36. The lowest BCUT2D eigenvalue weighted by Gasteiger charge is -2.22. The van der Waals surface area contributed by atoms with Crippen molar-refractivity contribution in [2.75, 3.05) is 6.61 Å². The van der Waals surface area contributed by atoms with Gasteiger partial charge in [0.25, 0.3) is 5.91 Å². The summed E-state index contributed by atoms with van der Waals surface area (Å²) < 4.78 is 5.13. The van der Waals surface area contributed by atoms with E-state index in [-0.39, 0.29) is 29.4 Å². The maximum atomic E-state index is 12.7. The van der Waals surface area contributed by atoms with Gasteiger partial charge in [0.2, 0.25) is 5.56 Å². The minimum atomic E-state index is -0.352. The minimum absolute atomic E-state index is 0.245. The molecule has 0 saturated heterocycles. The maximum absolute atomic E-state index is 12.7. The van der Waals surface area contributed by atoms with E-state index in [0.717, 1.165) is 23.1 Å². The molecule has 6 nitrogen and oxygen atoms in total. The van der Waals surface area contributed by atoms with Crippen LogP contribution in [-0.2, 0) is 16.0 Å². The molecule has 0 aliphatic heterocycles. The van der Waals surface area contributed by atoms with Crippen LogP contribution in [-0.4, -0.2) is 29.5 Å². The van der Waals surface area contributed by atoms with Gasteiger partial charge in [-0.25, -0.2) is 0 Å². The number of pyridine rings is 1. The van der Waals surface area contributed by atoms with Crippen molar-refractivity contribution in [3.8, 4) is 11.1 Å². The Labute approximate surface area is 194 Å². The van der Waals surface area contributed by atoms with E-state index < -0.39 is 0 Å². The average molecular weight is 447 g/mol. The Balaban J connectivity index is 1.68. The molecular formula is C27H30N2O4. The molecule has 0 radical (unpaired) electrons. The second-order valence-electron chi connectivity index (χ2n) is 8.10. The predicted molar refractivity (Wildman–Crippen MR) is 129 cm³/mol. The van der Waals surface area contributed by atoms with Crippen LogP contribution >= 0.6 is 0 Å². The first-order valence-electron chi connectivity index (χ1n) is 11.3. The van der Waals surface area contributed by atoms with E-state index in [1.165, 1.54) is 12.3 Å². The van der Waals surface area contributed by atoms with Crippen LogP contribution in [0.2, 0.25) is 0 Å². The number of aromatic amines is 1. The van der Waals surface area contributed by atoms with Gasteiger partial charge in [-0.2, -0.15) is 0 Å². The summed E-state index contributed by atoms with van der Waals surface area (Å²) in [6.45, 7) is 3.90. The van der Waals surface area contributed by atoms with E-state index >= 15 is 0 Å². The van der Waals surface area contributed by atoms with Gasteiger partial charge in [-0.1, -0.05) is 61.5 Å². The monoisotopic (exact) mass is 446 g/mol. The van der Waals surface area contributed by atoms with Crippen LogP contribution in [0.15, 0.2) is 77.7 Å². The van der Waals surface area contributed by atoms with E-state index in [1.807, 2.05) is 18.2 Å². The molecule has 0 saturated carbocycles.